The summed E-state index contributed by atoms with van der Waals surface area (Å²) in [4.78, 5) is 8.60. The minimum Gasteiger partial charge on any atom is -0.478 e. The molecule has 0 radical (unpaired) electrons. The van der Waals surface area contributed by atoms with Crippen LogP contribution in [0.2, 0.25) is 0 Å². The van der Waals surface area contributed by atoms with E-state index in [-0.39, 0.29) is 6.10 Å². The van der Waals surface area contributed by atoms with Crippen molar-refractivity contribution in [2.75, 3.05) is 25.1 Å². The Hall–Kier alpha value is -1.40. The van der Waals surface area contributed by atoms with Gasteiger partial charge in [-0.1, -0.05) is 6.92 Å². The molecule has 1 aromatic rings. The van der Waals surface area contributed by atoms with Crippen LogP contribution in [0.5, 0.6) is 5.88 Å². The summed E-state index contributed by atoms with van der Waals surface area (Å²) in [5, 5.41) is 13.5. The van der Waals surface area contributed by atoms with Gasteiger partial charge in [0.05, 0.1) is 12.7 Å². The van der Waals surface area contributed by atoms with Gasteiger partial charge in [0.15, 0.2) is 0 Å². The van der Waals surface area contributed by atoms with Gasteiger partial charge >= 0.3 is 0 Å². The van der Waals surface area contributed by atoms with Crippen LogP contribution in [0.25, 0.3) is 0 Å². The highest BCUT2D eigenvalue weighted by Crippen LogP contribution is 2.25. The van der Waals surface area contributed by atoms with Crippen molar-refractivity contribution >= 4 is 5.95 Å². The van der Waals surface area contributed by atoms with Crippen molar-refractivity contribution in [3.05, 3.63) is 11.8 Å². The minimum atomic E-state index is -0.864. The molecule has 0 spiro atoms. The Balaban J connectivity index is 2.00. The van der Waals surface area contributed by atoms with E-state index in [2.05, 4.69) is 15.3 Å². The van der Waals surface area contributed by atoms with Crippen LogP contribution in [0.1, 0.15) is 32.4 Å². The lowest BCUT2D eigenvalue weighted by Crippen LogP contribution is -2.43. The molecule has 0 aliphatic carbocycles. The Morgan fingerprint density at radius 2 is 2.35 bits per heavy atom. The molecule has 20 heavy (non-hydrogen) atoms. The van der Waals surface area contributed by atoms with Crippen LogP contribution in [0.4, 0.5) is 5.95 Å². The van der Waals surface area contributed by atoms with E-state index in [1.807, 2.05) is 20.8 Å². The molecule has 1 saturated heterocycles. The van der Waals surface area contributed by atoms with Gasteiger partial charge in [-0.05, 0) is 20.3 Å². The lowest BCUT2D eigenvalue weighted by atomic mass is 9.97. The van der Waals surface area contributed by atoms with Gasteiger partial charge in [-0.3, -0.25) is 0 Å². The summed E-state index contributed by atoms with van der Waals surface area (Å²) in [6, 6.07) is 1.80. The quantitative estimate of drug-likeness (QED) is 0.823. The Labute approximate surface area is 119 Å². The lowest BCUT2D eigenvalue weighted by molar-refractivity contribution is -0.0177. The monoisotopic (exact) mass is 281 g/mol. The molecule has 6 heteroatoms. The second-order valence-electron chi connectivity index (χ2n) is 5.24. The molecule has 1 fully saturated rings. The molecule has 2 atom stereocenters. The molecule has 6 nitrogen and oxygen atoms in total. The van der Waals surface area contributed by atoms with Gasteiger partial charge in [0.25, 0.3) is 0 Å². The van der Waals surface area contributed by atoms with Gasteiger partial charge in [-0.2, -0.15) is 4.98 Å². The highest BCUT2D eigenvalue weighted by atomic mass is 16.5. The van der Waals surface area contributed by atoms with Crippen LogP contribution in [0.3, 0.4) is 0 Å². The topological polar surface area (TPSA) is 76.5 Å². The first kappa shape index (κ1) is 15.0. The summed E-state index contributed by atoms with van der Waals surface area (Å²) in [7, 11) is 0. The summed E-state index contributed by atoms with van der Waals surface area (Å²) < 4.78 is 10.9. The normalized spacial score (nSPS) is 25.7. The van der Waals surface area contributed by atoms with Crippen LogP contribution in [-0.2, 0) is 4.74 Å². The van der Waals surface area contributed by atoms with Crippen molar-refractivity contribution in [2.45, 2.75) is 45.3 Å². The predicted molar refractivity (Wildman–Crippen MR) is 76.0 cm³/mol. The molecular weight excluding hydrogens is 258 g/mol. The molecule has 0 saturated carbocycles. The van der Waals surface area contributed by atoms with E-state index in [1.54, 1.807) is 6.07 Å². The standard InChI is InChI=1S/C14H23N3O3/c1-4-6-20-12-8-10(2)16-13(17-12)15-9-14(18)5-7-19-11(14)3/h8,11,18H,4-7,9H2,1-3H3,(H,15,16,17). The number of aryl methyl sites for hydroxylation is 1. The number of anilines is 1. The van der Waals surface area contributed by atoms with Crippen molar-refractivity contribution < 1.29 is 14.6 Å². The number of rotatable bonds is 6. The number of nitrogens with one attached hydrogen (secondary N) is 1. The SMILES string of the molecule is CCCOc1cc(C)nc(NCC2(O)CCOC2C)n1. The molecule has 0 bridgehead atoms. The number of nitrogens with zero attached hydrogens (tertiary/aromatic N) is 2. The molecule has 2 N–H and O–H groups in total. The second-order valence-corrected chi connectivity index (χ2v) is 5.24. The first-order chi connectivity index (χ1) is 9.53. The minimum absolute atomic E-state index is 0.185. The van der Waals surface area contributed by atoms with Gasteiger partial charge in [-0.25, -0.2) is 4.98 Å². The van der Waals surface area contributed by atoms with E-state index in [9.17, 15) is 5.11 Å². The largest absolute Gasteiger partial charge is 0.478 e. The average molecular weight is 281 g/mol. The maximum atomic E-state index is 10.4. The van der Waals surface area contributed by atoms with Gasteiger partial charge in [0.1, 0.15) is 5.60 Å². The van der Waals surface area contributed by atoms with Crippen LogP contribution in [0.15, 0.2) is 6.07 Å². The molecule has 2 heterocycles. The van der Waals surface area contributed by atoms with E-state index in [4.69, 9.17) is 9.47 Å². The molecule has 2 rings (SSSR count). The summed E-state index contributed by atoms with van der Waals surface area (Å²) >= 11 is 0. The number of hydrogen-bond acceptors (Lipinski definition) is 6. The first-order valence-electron chi connectivity index (χ1n) is 7.10. The number of ether oxygens (including phenoxy) is 2. The maximum Gasteiger partial charge on any atom is 0.226 e. The lowest BCUT2D eigenvalue weighted by Gasteiger charge is -2.26. The van der Waals surface area contributed by atoms with Crippen molar-refractivity contribution in [3.63, 3.8) is 0 Å². The Kier molecular flexibility index (Phi) is 4.77. The fourth-order valence-corrected chi connectivity index (χ4v) is 2.13. The molecule has 112 valence electrons. The van der Waals surface area contributed by atoms with Crippen molar-refractivity contribution in [3.8, 4) is 5.88 Å². The summed E-state index contributed by atoms with van der Waals surface area (Å²) in [5.41, 5.74) is -0.0336. The van der Waals surface area contributed by atoms with E-state index >= 15 is 0 Å². The third-order valence-corrected chi connectivity index (χ3v) is 3.50. The molecule has 1 aromatic heterocycles. The zero-order valence-electron chi connectivity index (χ0n) is 12.3. The zero-order valence-corrected chi connectivity index (χ0v) is 12.3. The average Bonchev–Trinajstić information content (AvgIpc) is 2.74. The van der Waals surface area contributed by atoms with Crippen LogP contribution < -0.4 is 10.1 Å². The molecule has 0 aromatic carbocycles. The number of aliphatic hydroxyl groups is 1. The summed E-state index contributed by atoms with van der Waals surface area (Å²) in [6.45, 7) is 7.39. The third-order valence-electron chi connectivity index (χ3n) is 3.50. The molecule has 1 aliphatic heterocycles. The van der Waals surface area contributed by atoms with E-state index in [0.717, 1.165) is 12.1 Å². The number of hydrogen-bond donors (Lipinski definition) is 2. The van der Waals surface area contributed by atoms with E-state index in [1.165, 1.54) is 0 Å². The van der Waals surface area contributed by atoms with Crippen molar-refractivity contribution in [1.82, 2.24) is 9.97 Å². The Morgan fingerprint density at radius 3 is 3.00 bits per heavy atom. The Morgan fingerprint density at radius 1 is 1.55 bits per heavy atom. The molecule has 1 aliphatic rings. The fraction of sp³-hybridized carbons (Fsp3) is 0.714. The zero-order chi connectivity index (χ0) is 14.6. The van der Waals surface area contributed by atoms with Gasteiger partial charge < -0.3 is 19.9 Å². The van der Waals surface area contributed by atoms with Crippen LogP contribution in [0, 0.1) is 6.92 Å². The van der Waals surface area contributed by atoms with Crippen molar-refractivity contribution in [2.24, 2.45) is 0 Å². The smallest absolute Gasteiger partial charge is 0.226 e. The van der Waals surface area contributed by atoms with Crippen molar-refractivity contribution in [1.29, 1.82) is 0 Å². The highest BCUT2D eigenvalue weighted by Gasteiger charge is 2.39. The molecule has 2 unspecified atom stereocenters. The summed E-state index contributed by atoms with van der Waals surface area (Å²) in [5.74, 6) is 1.04. The van der Waals surface area contributed by atoms with Gasteiger partial charge in [0, 0.05) is 31.3 Å². The number of aromatic nitrogens is 2. The highest BCUT2D eigenvalue weighted by molar-refractivity contribution is 5.31. The van der Waals surface area contributed by atoms with E-state index in [0.29, 0.717) is 38.0 Å². The molecule has 0 amide bonds. The first-order valence-corrected chi connectivity index (χ1v) is 7.10. The predicted octanol–water partition coefficient (Wildman–Crippen LogP) is 1.53. The van der Waals surface area contributed by atoms with Gasteiger partial charge in [0.2, 0.25) is 11.8 Å². The van der Waals surface area contributed by atoms with Gasteiger partial charge in [-0.15, -0.1) is 0 Å². The van der Waals surface area contributed by atoms with E-state index < -0.39 is 5.60 Å². The van der Waals surface area contributed by atoms with Crippen LogP contribution in [-0.4, -0.2) is 46.5 Å². The maximum absolute atomic E-state index is 10.4. The van der Waals surface area contributed by atoms with Crippen LogP contribution >= 0.6 is 0 Å². The summed E-state index contributed by atoms with van der Waals surface area (Å²) in [6.07, 6.45) is 1.36. The third kappa shape index (κ3) is 3.58. The Bertz CT molecular complexity index is 455. The second kappa shape index (κ2) is 6.37. The molecular formula is C14H23N3O3. The fourth-order valence-electron chi connectivity index (χ4n) is 2.13.